The average molecular weight is 287 g/mol. The maximum Gasteiger partial charge on any atom is 0.260 e. The first-order chi connectivity index (χ1) is 8.79. The average Bonchev–Trinajstić information content (AvgIpc) is 2.46. The van der Waals surface area contributed by atoms with Crippen molar-refractivity contribution in [2.75, 3.05) is 32.9 Å². The minimum Gasteiger partial charge on any atom is -0.484 e. The lowest BCUT2D eigenvalue weighted by Crippen LogP contribution is -2.42. The van der Waals surface area contributed by atoms with E-state index in [4.69, 9.17) is 15.2 Å². The van der Waals surface area contributed by atoms with E-state index in [1.807, 2.05) is 24.3 Å². The van der Waals surface area contributed by atoms with Gasteiger partial charge in [0.05, 0.1) is 13.2 Å². The number of carbonyl (C=O) groups is 1. The fraction of sp³-hybridized carbons (Fsp3) is 0.462. The van der Waals surface area contributed by atoms with Crippen LogP contribution >= 0.6 is 12.4 Å². The molecule has 1 aliphatic heterocycles. The van der Waals surface area contributed by atoms with Crippen molar-refractivity contribution in [2.45, 2.75) is 6.54 Å². The van der Waals surface area contributed by atoms with E-state index in [1.165, 1.54) is 0 Å². The molecule has 1 amide bonds. The maximum absolute atomic E-state index is 11.8. The summed E-state index contributed by atoms with van der Waals surface area (Å²) in [6, 6.07) is 7.48. The molecule has 19 heavy (non-hydrogen) atoms. The molecule has 1 aromatic carbocycles. The Morgan fingerprint density at radius 3 is 2.79 bits per heavy atom. The Labute approximate surface area is 119 Å². The maximum atomic E-state index is 11.8. The molecule has 1 saturated heterocycles. The van der Waals surface area contributed by atoms with Crippen LogP contribution < -0.4 is 10.5 Å². The number of hydrogen-bond donors (Lipinski definition) is 1. The topological polar surface area (TPSA) is 64.8 Å². The normalized spacial score (nSPS) is 14.7. The Kier molecular flexibility index (Phi) is 6.62. The van der Waals surface area contributed by atoms with E-state index in [2.05, 4.69) is 0 Å². The van der Waals surface area contributed by atoms with Crippen LogP contribution in [0, 0.1) is 0 Å². The monoisotopic (exact) mass is 286 g/mol. The van der Waals surface area contributed by atoms with Crippen LogP contribution in [0.2, 0.25) is 0 Å². The highest BCUT2D eigenvalue weighted by Crippen LogP contribution is 2.13. The fourth-order valence-electron chi connectivity index (χ4n) is 1.81. The van der Waals surface area contributed by atoms with E-state index in [0.29, 0.717) is 38.6 Å². The first kappa shape index (κ1) is 15.8. The van der Waals surface area contributed by atoms with Gasteiger partial charge in [-0.05, 0) is 17.7 Å². The van der Waals surface area contributed by atoms with Crippen molar-refractivity contribution in [2.24, 2.45) is 5.73 Å². The molecule has 1 fully saturated rings. The predicted molar refractivity (Wildman–Crippen MR) is 74.5 cm³/mol. The molecule has 2 N–H and O–H groups in total. The molecule has 0 aliphatic carbocycles. The number of carbonyl (C=O) groups excluding carboxylic acids is 1. The van der Waals surface area contributed by atoms with Gasteiger partial charge in [0, 0.05) is 19.6 Å². The molecule has 0 radical (unpaired) electrons. The number of benzene rings is 1. The summed E-state index contributed by atoms with van der Waals surface area (Å²) >= 11 is 0. The zero-order valence-corrected chi connectivity index (χ0v) is 11.5. The van der Waals surface area contributed by atoms with Crippen molar-refractivity contribution in [1.29, 1.82) is 0 Å². The van der Waals surface area contributed by atoms with Gasteiger partial charge in [-0.25, -0.2) is 0 Å². The molecule has 106 valence electrons. The predicted octanol–water partition coefficient (Wildman–Crippen LogP) is 0.805. The van der Waals surface area contributed by atoms with Crippen molar-refractivity contribution < 1.29 is 14.3 Å². The standard InChI is InChI=1S/C13H18N2O3.ClH/c14-9-11-2-1-3-12(8-11)18-10-13(16)15-4-6-17-7-5-15;/h1-3,8H,4-7,9-10,14H2;1H. The Bertz CT molecular complexity index is 409. The van der Waals surface area contributed by atoms with Gasteiger partial charge in [0.25, 0.3) is 5.91 Å². The Hall–Kier alpha value is -1.30. The quantitative estimate of drug-likeness (QED) is 0.889. The Balaban J connectivity index is 0.00000180. The molecule has 0 atom stereocenters. The summed E-state index contributed by atoms with van der Waals surface area (Å²) in [7, 11) is 0. The molecule has 1 aliphatic rings. The molecule has 0 aromatic heterocycles. The third-order valence-corrected chi connectivity index (χ3v) is 2.86. The summed E-state index contributed by atoms with van der Waals surface area (Å²) in [5.41, 5.74) is 6.54. The highest BCUT2D eigenvalue weighted by Gasteiger charge is 2.16. The fourth-order valence-corrected chi connectivity index (χ4v) is 1.81. The van der Waals surface area contributed by atoms with Gasteiger partial charge >= 0.3 is 0 Å². The first-order valence-corrected chi connectivity index (χ1v) is 6.07. The van der Waals surface area contributed by atoms with Crippen LogP contribution in [0.25, 0.3) is 0 Å². The van der Waals surface area contributed by atoms with Crippen LogP contribution in [-0.4, -0.2) is 43.7 Å². The molecule has 0 saturated carbocycles. The summed E-state index contributed by atoms with van der Waals surface area (Å²) in [6.45, 7) is 3.03. The number of amides is 1. The lowest BCUT2D eigenvalue weighted by molar-refractivity contribution is -0.137. The first-order valence-electron chi connectivity index (χ1n) is 6.07. The number of nitrogens with two attached hydrogens (primary N) is 1. The van der Waals surface area contributed by atoms with Crippen LogP contribution in [0.15, 0.2) is 24.3 Å². The molecule has 0 unspecified atom stereocenters. The molecule has 0 spiro atoms. The van der Waals surface area contributed by atoms with Gasteiger partial charge in [-0.2, -0.15) is 0 Å². The van der Waals surface area contributed by atoms with Crippen molar-refractivity contribution in [3.63, 3.8) is 0 Å². The van der Waals surface area contributed by atoms with Crippen LogP contribution in [0.1, 0.15) is 5.56 Å². The Morgan fingerprint density at radius 2 is 2.11 bits per heavy atom. The van der Waals surface area contributed by atoms with E-state index in [-0.39, 0.29) is 24.9 Å². The molecule has 2 rings (SSSR count). The van der Waals surface area contributed by atoms with Crippen molar-refractivity contribution >= 4 is 18.3 Å². The lowest BCUT2D eigenvalue weighted by atomic mass is 10.2. The molecule has 6 heteroatoms. The number of ether oxygens (including phenoxy) is 2. The highest BCUT2D eigenvalue weighted by molar-refractivity contribution is 5.85. The van der Waals surface area contributed by atoms with Gasteiger partial charge in [-0.3, -0.25) is 4.79 Å². The van der Waals surface area contributed by atoms with Gasteiger partial charge < -0.3 is 20.1 Å². The lowest BCUT2D eigenvalue weighted by Gasteiger charge is -2.26. The summed E-state index contributed by atoms with van der Waals surface area (Å²) in [5.74, 6) is 0.677. The third-order valence-electron chi connectivity index (χ3n) is 2.86. The van der Waals surface area contributed by atoms with Crippen molar-refractivity contribution in [1.82, 2.24) is 4.90 Å². The molecule has 0 bridgehead atoms. The second-order valence-corrected chi connectivity index (χ2v) is 4.13. The van der Waals surface area contributed by atoms with Gasteiger partial charge in [-0.15, -0.1) is 12.4 Å². The SMILES string of the molecule is Cl.NCc1cccc(OCC(=O)N2CCOCC2)c1. The van der Waals surface area contributed by atoms with Crippen molar-refractivity contribution in [3.8, 4) is 5.75 Å². The van der Waals surface area contributed by atoms with E-state index in [1.54, 1.807) is 4.90 Å². The molecule has 1 heterocycles. The number of nitrogens with zero attached hydrogens (tertiary/aromatic N) is 1. The molecular formula is C13H19ClN2O3. The number of morpholine rings is 1. The summed E-state index contributed by atoms with van der Waals surface area (Å²) in [6.07, 6.45) is 0. The summed E-state index contributed by atoms with van der Waals surface area (Å²) in [4.78, 5) is 13.6. The molecule has 5 nitrogen and oxygen atoms in total. The minimum atomic E-state index is -0.00329. The van der Waals surface area contributed by atoms with Gasteiger partial charge in [-0.1, -0.05) is 12.1 Å². The summed E-state index contributed by atoms with van der Waals surface area (Å²) in [5, 5.41) is 0. The van der Waals surface area contributed by atoms with E-state index >= 15 is 0 Å². The zero-order chi connectivity index (χ0) is 12.8. The number of rotatable bonds is 4. The number of hydrogen-bond acceptors (Lipinski definition) is 4. The van der Waals surface area contributed by atoms with E-state index in [9.17, 15) is 4.79 Å². The van der Waals surface area contributed by atoms with Crippen LogP contribution in [0.4, 0.5) is 0 Å². The summed E-state index contributed by atoms with van der Waals surface area (Å²) < 4.78 is 10.7. The van der Waals surface area contributed by atoms with Crippen LogP contribution in [0.5, 0.6) is 5.75 Å². The minimum absolute atomic E-state index is 0. The number of halogens is 1. The van der Waals surface area contributed by atoms with Crippen LogP contribution in [-0.2, 0) is 16.1 Å². The van der Waals surface area contributed by atoms with Crippen LogP contribution in [0.3, 0.4) is 0 Å². The Morgan fingerprint density at radius 1 is 1.37 bits per heavy atom. The second-order valence-electron chi connectivity index (χ2n) is 4.13. The molecule has 1 aromatic rings. The smallest absolute Gasteiger partial charge is 0.260 e. The van der Waals surface area contributed by atoms with E-state index < -0.39 is 0 Å². The third kappa shape index (κ3) is 4.70. The largest absolute Gasteiger partial charge is 0.484 e. The van der Waals surface area contributed by atoms with Crippen molar-refractivity contribution in [3.05, 3.63) is 29.8 Å². The van der Waals surface area contributed by atoms with Gasteiger partial charge in [0.1, 0.15) is 5.75 Å². The highest BCUT2D eigenvalue weighted by atomic mass is 35.5. The van der Waals surface area contributed by atoms with Gasteiger partial charge in [0.2, 0.25) is 0 Å². The van der Waals surface area contributed by atoms with E-state index in [0.717, 1.165) is 5.56 Å². The second kappa shape index (κ2) is 7.99. The molecular weight excluding hydrogens is 268 g/mol. The zero-order valence-electron chi connectivity index (χ0n) is 10.7. The van der Waals surface area contributed by atoms with Gasteiger partial charge in [0.15, 0.2) is 6.61 Å².